The predicted molar refractivity (Wildman–Crippen MR) is 105 cm³/mol. The van der Waals surface area contributed by atoms with Crippen LogP contribution in [-0.4, -0.2) is 17.8 Å². The molecule has 138 valence electrons. The number of nitrogens with one attached hydrogen (secondary N) is 1. The van der Waals surface area contributed by atoms with E-state index < -0.39 is 17.8 Å². The van der Waals surface area contributed by atoms with Gasteiger partial charge < -0.3 is 4.42 Å². The van der Waals surface area contributed by atoms with E-state index in [1.807, 2.05) is 6.07 Å². The molecule has 0 aliphatic carbocycles. The molecule has 6 nitrogen and oxygen atoms in total. The summed E-state index contributed by atoms with van der Waals surface area (Å²) in [6.45, 7) is 0. The number of hydrogen-bond donors (Lipinski definition) is 1. The average Bonchev–Trinajstić information content (AvgIpc) is 3.15. The number of para-hydroxylation sites is 1. The molecule has 4 amide bonds. The molecule has 1 aliphatic heterocycles. The number of benzene rings is 2. The first-order valence-electron chi connectivity index (χ1n) is 8.36. The molecule has 0 saturated carbocycles. The summed E-state index contributed by atoms with van der Waals surface area (Å²) < 4.78 is 5.72. The topological polar surface area (TPSA) is 79.6 Å². The summed E-state index contributed by atoms with van der Waals surface area (Å²) >= 11 is 6.17. The quantitative estimate of drug-likeness (QED) is 0.533. The van der Waals surface area contributed by atoms with Crippen LogP contribution in [0.15, 0.2) is 76.7 Å². The number of anilines is 1. The zero-order valence-electron chi connectivity index (χ0n) is 14.4. The van der Waals surface area contributed by atoms with E-state index in [9.17, 15) is 14.4 Å². The van der Waals surface area contributed by atoms with Crippen molar-refractivity contribution in [3.63, 3.8) is 0 Å². The Labute approximate surface area is 165 Å². The predicted octanol–water partition coefficient (Wildman–Crippen LogP) is 4.27. The maximum Gasteiger partial charge on any atom is 0.335 e. The number of halogens is 1. The Kier molecular flexibility index (Phi) is 4.55. The van der Waals surface area contributed by atoms with Gasteiger partial charge in [-0.15, -0.1) is 0 Å². The van der Waals surface area contributed by atoms with E-state index in [0.717, 1.165) is 4.90 Å². The van der Waals surface area contributed by atoms with Crippen molar-refractivity contribution in [2.75, 3.05) is 4.90 Å². The molecule has 3 aromatic rings. The minimum atomic E-state index is -0.797. The first kappa shape index (κ1) is 17.8. The molecule has 1 aliphatic rings. The second kappa shape index (κ2) is 7.17. The highest BCUT2D eigenvalue weighted by Gasteiger charge is 2.36. The lowest BCUT2D eigenvalue weighted by atomic mass is 10.1. The molecule has 4 rings (SSSR count). The van der Waals surface area contributed by atoms with Crippen molar-refractivity contribution in [1.82, 2.24) is 5.32 Å². The van der Waals surface area contributed by atoms with Crippen LogP contribution in [0.3, 0.4) is 0 Å². The number of rotatable bonds is 3. The number of amides is 4. The number of imide groups is 2. The lowest BCUT2D eigenvalue weighted by molar-refractivity contribution is -0.122. The monoisotopic (exact) mass is 392 g/mol. The van der Waals surface area contributed by atoms with Gasteiger partial charge in [-0.25, -0.2) is 9.69 Å². The Morgan fingerprint density at radius 1 is 0.893 bits per heavy atom. The maximum atomic E-state index is 12.8. The van der Waals surface area contributed by atoms with Crippen molar-refractivity contribution in [3.8, 4) is 11.3 Å². The van der Waals surface area contributed by atoms with E-state index in [4.69, 9.17) is 16.0 Å². The molecule has 0 spiro atoms. The van der Waals surface area contributed by atoms with Gasteiger partial charge in [0.15, 0.2) is 0 Å². The molecule has 1 fully saturated rings. The molecule has 0 atom stereocenters. The van der Waals surface area contributed by atoms with Crippen LogP contribution in [-0.2, 0) is 9.59 Å². The average molecular weight is 393 g/mol. The van der Waals surface area contributed by atoms with E-state index in [1.165, 1.54) is 6.08 Å². The van der Waals surface area contributed by atoms with Gasteiger partial charge in [0, 0.05) is 5.56 Å². The van der Waals surface area contributed by atoms with Crippen LogP contribution in [0, 0.1) is 0 Å². The van der Waals surface area contributed by atoms with Crippen molar-refractivity contribution in [1.29, 1.82) is 0 Å². The van der Waals surface area contributed by atoms with Crippen molar-refractivity contribution < 1.29 is 18.8 Å². The maximum absolute atomic E-state index is 12.8. The van der Waals surface area contributed by atoms with Crippen LogP contribution in [0.2, 0.25) is 5.02 Å². The zero-order chi connectivity index (χ0) is 19.7. The summed E-state index contributed by atoms with van der Waals surface area (Å²) in [4.78, 5) is 38.1. The van der Waals surface area contributed by atoms with Gasteiger partial charge >= 0.3 is 6.03 Å². The van der Waals surface area contributed by atoms with Crippen molar-refractivity contribution in [2.24, 2.45) is 0 Å². The molecule has 28 heavy (non-hydrogen) atoms. The largest absolute Gasteiger partial charge is 0.457 e. The smallest absolute Gasteiger partial charge is 0.335 e. The zero-order valence-corrected chi connectivity index (χ0v) is 15.1. The van der Waals surface area contributed by atoms with Crippen molar-refractivity contribution >= 4 is 41.2 Å². The van der Waals surface area contributed by atoms with E-state index in [1.54, 1.807) is 60.7 Å². The second-order valence-corrected chi connectivity index (χ2v) is 6.38. The number of urea groups is 1. The van der Waals surface area contributed by atoms with Gasteiger partial charge in [-0.2, -0.15) is 0 Å². The molecule has 0 unspecified atom stereocenters. The minimum Gasteiger partial charge on any atom is -0.457 e. The Morgan fingerprint density at radius 3 is 2.36 bits per heavy atom. The molecular weight excluding hydrogens is 380 g/mol. The summed E-state index contributed by atoms with van der Waals surface area (Å²) in [5, 5.41) is 2.69. The summed E-state index contributed by atoms with van der Waals surface area (Å²) in [7, 11) is 0. The van der Waals surface area contributed by atoms with Gasteiger partial charge in [-0.05, 0) is 42.5 Å². The van der Waals surface area contributed by atoms with Crippen LogP contribution in [0.5, 0.6) is 0 Å². The van der Waals surface area contributed by atoms with Gasteiger partial charge in [-0.1, -0.05) is 41.9 Å². The van der Waals surface area contributed by atoms with Gasteiger partial charge in [0.05, 0.1) is 10.7 Å². The fraction of sp³-hybridized carbons (Fsp3) is 0. The van der Waals surface area contributed by atoms with Gasteiger partial charge in [-0.3, -0.25) is 14.9 Å². The van der Waals surface area contributed by atoms with Crippen molar-refractivity contribution in [3.05, 3.63) is 83.1 Å². The van der Waals surface area contributed by atoms with Crippen LogP contribution >= 0.6 is 11.6 Å². The number of carbonyl (C=O) groups is 3. The molecule has 7 heteroatoms. The van der Waals surface area contributed by atoms with Crippen molar-refractivity contribution in [2.45, 2.75) is 0 Å². The SMILES string of the molecule is O=C1NC(=O)N(c2ccccc2)C(=O)/C1=C/c1ccc(-c2ccccc2Cl)o1. The number of hydrogen-bond acceptors (Lipinski definition) is 4. The fourth-order valence-corrected chi connectivity index (χ4v) is 3.08. The molecule has 1 N–H and O–H groups in total. The summed E-state index contributed by atoms with van der Waals surface area (Å²) in [5.74, 6) is -0.721. The Balaban J connectivity index is 1.69. The molecule has 0 bridgehead atoms. The number of carbonyl (C=O) groups excluding carboxylic acids is 3. The third-order valence-electron chi connectivity index (χ3n) is 4.17. The molecule has 1 aromatic heterocycles. The molecule has 2 heterocycles. The van der Waals surface area contributed by atoms with Crippen LogP contribution in [0.1, 0.15) is 5.76 Å². The van der Waals surface area contributed by atoms with E-state index in [0.29, 0.717) is 22.0 Å². The number of furan rings is 1. The molecule has 2 aromatic carbocycles. The fourth-order valence-electron chi connectivity index (χ4n) is 2.85. The highest BCUT2D eigenvalue weighted by molar-refractivity contribution is 6.39. The molecular formula is C21H13ClN2O4. The number of barbiturate groups is 1. The highest BCUT2D eigenvalue weighted by Crippen LogP contribution is 2.30. The van der Waals surface area contributed by atoms with Gasteiger partial charge in [0.1, 0.15) is 17.1 Å². The third kappa shape index (κ3) is 3.21. The highest BCUT2D eigenvalue weighted by atomic mass is 35.5. The second-order valence-electron chi connectivity index (χ2n) is 5.98. The Bertz CT molecular complexity index is 1120. The van der Waals surface area contributed by atoms with E-state index in [-0.39, 0.29) is 11.3 Å². The first-order valence-corrected chi connectivity index (χ1v) is 8.73. The summed E-state index contributed by atoms with van der Waals surface area (Å²) in [6, 6.07) is 18.0. The standard InChI is InChI=1S/C21H13ClN2O4/c22-17-9-5-4-8-15(17)18-11-10-14(28-18)12-16-19(25)23-21(27)24(20(16)26)13-6-2-1-3-7-13/h1-12H,(H,23,25,27)/b16-12+. The number of nitrogens with zero attached hydrogens (tertiary/aromatic N) is 1. The molecule has 1 saturated heterocycles. The minimum absolute atomic E-state index is 0.205. The van der Waals surface area contributed by atoms with Crippen LogP contribution in [0.4, 0.5) is 10.5 Å². The van der Waals surface area contributed by atoms with E-state index in [2.05, 4.69) is 5.32 Å². The van der Waals surface area contributed by atoms with Gasteiger partial charge in [0.25, 0.3) is 11.8 Å². The Hall–Kier alpha value is -3.64. The third-order valence-corrected chi connectivity index (χ3v) is 4.50. The lowest BCUT2D eigenvalue weighted by Gasteiger charge is -2.26. The van der Waals surface area contributed by atoms with Gasteiger partial charge in [0.2, 0.25) is 0 Å². The van der Waals surface area contributed by atoms with E-state index >= 15 is 0 Å². The Morgan fingerprint density at radius 2 is 1.61 bits per heavy atom. The normalized spacial score (nSPS) is 15.8. The lowest BCUT2D eigenvalue weighted by Crippen LogP contribution is -2.54. The summed E-state index contributed by atoms with van der Waals surface area (Å²) in [5.41, 5.74) is 0.845. The summed E-state index contributed by atoms with van der Waals surface area (Å²) in [6.07, 6.45) is 1.31. The van der Waals surface area contributed by atoms with Crippen LogP contribution in [0.25, 0.3) is 17.4 Å². The molecule has 0 radical (unpaired) electrons. The first-order chi connectivity index (χ1) is 13.5. The van der Waals surface area contributed by atoms with Crippen LogP contribution < -0.4 is 10.2 Å².